The molecule has 0 aliphatic carbocycles. The summed E-state index contributed by atoms with van der Waals surface area (Å²) in [5.41, 5.74) is 3.32. The van der Waals surface area contributed by atoms with Crippen molar-refractivity contribution in [1.82, 2.24) is 15.3 Å². The topological polar surface area (TPSA) is 49.9 Å². The van der Waals surface area contributed by atoms with Crippen LogP contribution >= 0.6 is 0 Å². The summed E-state index contributed by atoms with van der Waals surface area (Å²) < 4.78 is 5.43. The van der Waals surface area contributed by atoms with Gasteiger partial charge in [-0.1, -0.05) is 6.07 Å². The van der Waals surface area contributed by atoms with Crippen molar-refractivity contribution in [2.24, 2.45) is 0 Å². The summed E-state index contributed by atoms with van der Waals surface area (Å²) in [6.07, 6.45) is 1.87. The number of aromatic nitrogens is 2. The van der Waals surface area contributed by atoms with Crippen LogP contribution in [0.5, 0.6) is 5.75 Å². The molecule has 4 heteroatoms. The lowest BCUT2D eigenvalue weighted by Crippen LogP contribution is -2.35. The minimum absolute atomic E-state index is 0.0901. The first-order chi connectivity index (χ1) is 9.39. The number of imidazole rings is 1. The number of ether oxygens (including phenoxy) is 1. The highest BCUT2D eigenvalue weighted by atomic mass is 16.5. The fourth-order valence-corrected chi connectivity index (χ4v) is 1.94. The maximum absolute atomic E-state index is 5.43. The molecule has 20 heavy (non-hydrogen) atoms. The van der Waals surface area contributed by atoms with E-state index in [1.54, 1.807) is 7.11 Å². The first kappa shape index (κ1) is 14.6. The Morgan fingerprint density at radius 3 is 2.70 bits per heavy atom. The molecule has 2 N–H and O–H groups in total. The standard InChI is InChI=1S/C16H23N3O/c1-11-6-7-13(14(8-11)20-5)15-17-9-12(19-15)10-18-16(2,3)4/h6-9,18H,10H2,1-5H3,(H,17,19). The van der Waals surface area contributed by atoms with Gasteiger partial charge in [-0.25, -0.2) is 4.98 Å². The van der Waals surface area contributed by atoms with E-state index in [9.17, 15) is 0 Å². The van der Waals surface area contributed by atoms with Gasteiger partial charge in [-0.05, 0) is 45.4 Å². The number of rotatable bonds is 4. The highest BCUT2D eigenvalue weighted by Gasteiger charge is 2.12. The van der Waals surface area contributed by atoms with Crippen molar-refractivity contribution in [3.05, 3.63) is 35.7 Å². The van der Waals surface area contributed by atoms with Crippen molar-refractivity contribution < 1.29 is 4.74 Å². The Kier molecular flexibility index (Phi) is 4.14. The third-order valence-corrected chi connectivity index (χ3v) is 3.05. The second-order valence-corrected chi connectivity index (χ2v) is 6.06. The summed E-state index contributed by atoms with van der Waals surface area (Å²) in [7, 11) is 1.68. The summed E-state index contributed by atoms with van der Waals surface area (Å²) >= 11 is 0. The highest BCUT2D eigenvalue weighted by molar-refractivity contribution is 5.65. The van der Waals surface area contributed by atoms with E-state index >= 15 is 0 Å². The number of hydrogen-bond donors (Lipinski definition) is 2. The van der Waals surface area contributed by atoms with E-state index < -0.39 is 0 Å². The predicted octanol–water partition coefficient (Wildman–Crippen LogP) is 3.28. The van der Waals surface area contributed by atoms with E-state index in [0.29, 0.717) is 0 Å². The lowest BCUT2D eigenvalue weighted by molar-refractivity contribution is 0.415. The number of aromatic amines is 1. The minimum atomic E-state index is 0.0901. The Labute approximate surface area is 120 Å². The van der Waals surface area contributed by atoms with Crippen molar-refractivity contribution in [3.8, 4) is 17.1 Å². The average molecular weight is 273 g/mol. The molecule has 0 atom stereocenters. The van der Waals surface area contributed by atoms with E-state index in [0.717, 1.165) is 29.4 Å². The average Bonchev–Trinajstić information content (AvgIpc) is 2.84. The molecule has 0 unspecified atom stereocenters. The Morgan fingerprint density at radius 1 is 1.30 bits per heavy atom. The maximum Gasteiger partial charge on any atom is 0.141 e. The molecule has 0 aliphatic rings. The normalized spacial score (nSPS) is 11.7. The second-order valence-electron chi connectivity index (χ2n) is 6.06. The molecule has 0 saturated carbocycles. The van der Waals surface area contributed by atoms with Crippen LogP contribution in [-0.4, -0.2) is 22.6 Å². The Morgan fingerprint density at radius 2 is 2.05 bits per heavy atom. The second kappa shape index (κ2) is 5.67. The lowest BCUT2D eigenvalue weighted by Gasteiger charge is -2.19. The zero-order valence-corrected chi connectivity index (χ0v) is 12.9. The highest BCUT2D eigenvalue weighted by Crippen LogP contribution is 2.28. The van der Waals surface area contributed by atoms with Crippen LogP contribution in [0.25, 0.3) is 11.4 Å². The van der Waals surface area contributed by atoms with Crippen molar-refractivity contribution in [3.63, 3.8) is 0 Å². The van der Waals surface area contributed by atoms with Crippen molar-refractivity contribution in [1.29, 1.82) is 0 Å². The van der Waals surface area contributed by atoms with Crippen LogP contribution in [0.2, 0.25) is 0 Å². The molecule has 4 nitrogen and oxygen atoms in total. The quantitative estimate of drug-likeness (QED) is 0.898. The Balaban J connectivity index is 2.20. The van der Waals surface area contributed by atoms with Gasteiger partial charge in [0.15, 0.2) is 0 Å². The molecular formula is C16H23N3O. The molecule has 1 aromatic carbocycles. The molecule has 0 radical (unpaired) electrons. The number of methoxy groups -OCH3 is 1. The first-order valence-corrected chi connectivity index (χ1v) is 6.83. The van der Waals surface area contributed by atoms with E-state index in [1.165, 1.54) is 5.56 Å². The number of nitrogens with one attached hydrogen (secondary N) is 2. The van der Waals surface area contributed by atoms with Crippen LogP contribution in [0.15, 0.2) is 24.4 Å². The van der Waals surface area contributed by atoms with Gasteiger partial charge in [0.2, 0.25) is 0 Å². The maximum atomic E-state index is 5.43. The summed E-state index contributed by atoms with van der Waals surface area (Å²) in [5.74, 6) is 1.68. The molecule has 0 spiro atoms. The fourth-order valence-electron chi connectivity index (χ4n) is 1.94. The van der Waals surface area contributed by atoms with Gasteiger partial charge in [0, 0.05) is 24.0 Å². The number of hydrogen-bond acceptors (Lipinski definition) is 3. The van der Waals surface area contributed by atoms with Gasteiger partial charge in [0.25, 0.3) is 0 Å². The van der Waals surface area contributed by atoms with Crippen LogP contribution in [0, 0.1) is 6.92 Å². The SMILES string of the molecule is COc1cc(C)ccc1-c1ncc(CNC(C)(C)C)[nH]1. The van der Waals surface area contributed by atoms with Gasteiger partial charge in [-0.3, -0.25) is 0 Å². The molecule has 2 aromatic rings. The predicted molar refractivity (Wildman–Crippen MR) is 81.9 cm³/mol. The van der Waals surface area contributed by atoms with Crippen LogP contribution in [0.3, 0.4) is 0 Å². The fraction of sp³-hybridized carbons (Fsp3) is 0.438. The number of H-pyrrole nitrogens is 1. The molecule has 1 heterocycles. The van der Waals surface area contributed by atoms with Crippen LogP contribution in [-0.2, 0) is 6.54 Å². The molecule has 0 bridgehead atoms. The molecule has 0 amide bonds. The van der Waals surface area contributed by atoms with Crippen molar-refractivity contribution in [2.45, 2.75) is 39.8 Å². The lowest BCUT2D eigenvalue weighted by atomic mass is 10.1. The van der Waals surface area contributed by atoms with Crippen LogP contribution < -0.4 is 10.1 Å². The van der Waals surface area contributed by atoms with Gasteiger partial charge in [-0.2, -0.15) is 0 Å². The molecule has 1 aromatic heterocycles. The van der Waals surface area contributed by atoms with Crippen molar-refractivity contribution in [2.75, 3.05) is 7.11 Å². The zero-order valence-electron chi connectivity index (χ0n) is 12.9. The van der Waals surface area contributed by atoms with Gasteiger partial charge in [0.05, 0.1) is 12.7 Å². The molecule has 0 aliphatic heterocycles. The summed E-state index contributed by atoms with van der Waals surface area (Å²) in [6.45, 7) is 9.26. The third kappa shape index (κ3) is 3.61. The smallest absolute Gasteiger partial charge is 0.141 e. The van der Waals surface area contributed by atoms with E-state index in [1.807, 2.05) is 25.3 Å². The summed E-state index contributed by atoms with van der Waals surface area (Å²) in [5, 5.41) is 3.44. The van der Waals surface area contributed by atoms with Gasteiger partial charge in [0.1, 0.15) is 11.6 Å². The number of aryl methyl sites for hydroxylation is 1. The van der Waals surface area contributed by atoms with Gasteiger partial charge < -0.3 is 15.0 Å². The van der Waals surface area contributed by atoms with E-state index in [2.05, 4.69) is 42.1 Å². The molecular weight excluding hydrogens is 250 g/mol. The number of benzene rings is 1. The molecule has 0 saturated heterocycles. The van der Waals surface area contributed by atoms with Crippen LogP contribution in [0.4, 0.5) is 0 Å². The first-order valence-electron chi connectivity index (χ1n) is 6.83. The minimum Gasteiger partial charge on any atom is -0.496 e. The zero-order chi connectivity index (χ0) is 14.8. The summed E-state index contributed by atoms with van der Waals surface area (Å²) in [6, 6.07) is 6.12. The van der Waals surface area contributed by atoms with E-state index in [4.69, 9.17) is 4.74 Å². The molecule has 0 fully saturated rings. The third-order valence-electron chi connectivity index (χ3n) is 3.05. The van der Waals surface area contributed by atoms with Gasteiger partial charge in [-0.15, -0.1) is 0 Å². The molecule has 2 rings (SSSR count). The molecule has 108 valence electrons. The Hall–Kier alpha value is -1.81. The Bertz CT molecular complexity index is 582. The monoisotopic (exact) mass is 273 g/mol. The van der Waals surface area contributed by atoms with E-state index in [-0.39, 0.29) is 5.54 Å². The number of nitrogens with zero attached hydrogens (tertiary/aromatic N) is 1. The van der Waals surface area contributed by atoms with Gasteiger partial charge >= 0.3 is 0 Å². The van der Waals surface area contributed by atoms with Crippen molar-refractivity contribution >= 4 is 0 Å². The van der Waals surface area contributed by atoms with Crippen LogP contribution in [0.1, 0.15) is 32.0 Å². The summed E-state index contributed by atoms with van der Waals surface area (Å²) in [4.78, 5) is 7.79. The largest absolute Gasteiger partial charge is 0.496 e.